The van der Waals surface area contributed by atoms with Gasteiger partial charge in [0, 0.05) is 12.6 Å². The van der Waals surface area contributed by atoms with Crippen molar-refractivity contribution in [3.8, 4) is 0 Å². The number of likely N-dealkylation sites (tertiary alicyclic amines) is 1. The fraction of sp³-hybridized carbons (Fsp3) is 0.600. The highest BCUT2D eigenvalue weighted by molar-refractivity contribution is 5.32. The lowest BCUT2D eigenvalue weighted by Crippen LogP contribution is -2.41. The molecule has 0 bridgehead atoms. The van der Waals surface area contributed by atoms with Gasteiger partial charge in [0.1, 0.15) is 0 Å². The third-order valence-electron chi connectivity index (χ3n) is 4.11. The summed E-state index contributed by atoms with van der Waals surface area (Å²) in [5.74, 6) is 0. The van der Waals surface area contributed by atoms with E-state index < -0.39 is 0 Å². The first-order valence-electron chi connectivity index (χ1n) is 6.97. The average molecular weight is 230 g/mol. The van der Waals surface area contributed by atoms with Gasteiger partial charge in [-0.2, -0.15) is 0 Å². The first kappa shape index (κ1) is 11.2. The average Bonchev–Trinajstić information content (AvgIpc) is 2.40. The number of hydrogen-bond donors (Lipinski definition) is 1. The molecule has 2 heterocycles. The van der Waals surface area contributed by atoms with Crippen molar-refractivity contribution in [1.29, 1.82) is 0 Å². The second kappa shape index (κ2) is 5.19. The highest BCUT2D eigenvalue weighted by Gasteiger charge is 2.22. The molecule has 1 aromatic rings. The maximum Gasteiger partial charge on any atom is 0.0452 e. The van der Waals surface area contributed by atoms with Crippen LogP contribution in [0, 0.1) is 0 Å². The summed E-state index contributed by atoms with van der Waals surface area (Å²) in [4.78, 5) is 2.63. The molecule has 0 radical (unpaired) electrons. The summed E-state index contributed by atoms with van der Waals surface area (Å²) in [6, 6.07) is 9.49. The molecule has 17 heavy (non-hydrogen) atoms. The fourth-order valence-corrected chi connectivity index (χ4v) is 3.16. The summed E-state index contributed by atoms with van der Waals surface area (Å²) >= 11 is 0. The van der Waals surface area contributed by atoms with Gasteiger partial charge >= 0.3 is 0 Å². The van der Waals surface area contributed by atoms with Gasteiger partial charge in [-0.25, -0.2) is 0 Å². The van der Waals surface area contributed by atoms with Crippen molar-refractivity contribution in [3.63, 3.8) is 0 Å². The van der Waals surface area contributed by atoms with E-state index in [0.29, 0.717) is 6.04 Å². The molecule has 0 spiro atoms. The zero-order valence-corrected chi connectivity index (χ0v) is 10.5. The van der Waals surface area contributed by atoms with Crippen LogP contribution in [0.3, 0.4) is 0 Å². The van der Waals surface area contributed by atoms with Gasteiger partial charge in [-0.3, -0.25) is 0 Å². The molecule has 3 rings (SSSR count). The van der Waals surface area contributed by atoms with Crippen LogP contribution in [0.2, 0.25) is 0 Å². The fourth-order valence-electron chi connectivity index (χ4n) is 3.16. The summed E-state index contributed by atoms with van der Waals surface area (Å²) in [7, 11) is 0. The number of fused-ring (bicyclic) bond motifs is 1. The van der Waals surface area contributed by atoms with Crippen molar-refractivity contribution in [2.24, 2.45) is 0 Å². The number of piperidine rings is 1. The van der Waals surface area contributed by atoms with Crippen molar-refractivity contribution < 1.29 is 0 Å². The Morgan fingerprint density at radius 3 is 2.82 bits per heavy atom. The molecular weight excluding hydrogens is 208 g/mol. The van der Waals surface area contributed by atoms with Crippen LogP contribution in [0.4, 0.5) is 0 Å². The van der Waals surface area contributed by atoms with Crippen molar-refractivity contribution in [3.05, 3.63) is 35.4 Å². The topological polar surface area (TPSA) is 15.3 Å². The van der Waals surface area contributed by atoms with Gasteiger partial charge in [0.15, 0.2) is 0 Å². The zero-order valence-electron chi connectivity index (χ0n) is 10.5. The van der Waals surface area contributed by atoms with Gasteiger partial charge in [-0.05, 0) is 50.0 Å². The molecule has 92 valence electrons. The zero-order chi connectivity index (χ0) is 11.5. The standard InChI is InChI=1S/C15H22N2/c1-4-10-17(11-5-1)12-15-14-7-3-2-6-13(14)8-9-16-15/h2-3,6-7,15-16H,1,4-5,8-12H2. The first-order valence-corrected chi connectivity index (χ1v) is 6.97. The maximum absolute atomic E-state index is 3.68. The van der Waals surface area contributed by atoms with Crippen LogP contribution in [0.25, 0.3) is 0 Å². The molecule has 1 fully saturated rings. The van der Waals surface area contributed by atoms with Crippen LogP contribution in [-0.2, 0) is 6.42 Å². The van der Waals surface area contributed by atoms with Crippen LogP contribution in [-0.4, -0.2) is 31.1 Å². The Kier molecular flexibility index (Phi) is 3.44. The monoisotopic (exact) mass is 230 g/mol. The Labute approximate surface area is 104 Å². The molecule has 0 aromatic heterocycles. The van der Waals surface area contributed by atoms with Crippen LogP contribution in [0.1, 0.15) is 36.4 Å². The Hall–Kier alpha value is -0.860. The van der Waals surface area contributed by atoms with Crippen LogP contribution >= 0.6 is 0 Å². The minimum atomic E-state index is 0.554. The van der Waals surface area contributed by atoms with E-state index in [1.807, 2.05) is 0 Å². The molecule has 1 N–H and O–H groups in total. The van der Waals surface area contributed by atoms with E-state index in [1.54, 1.807) is 5.56 Å². The molecule has 0 aliphatic carbocycles. The molecule has 1 saturated heterocycles. The van der Waals surface area contributed by atoms with Gasteiger partial charge in [0.25, 0.3) is 0 Å². The quantitative estimate of drug-likeness (QED) is 0.839. The minimum absolute atomic E-state index is 0.554. The van der Waals surface area contributed by atoms with Crippen molar-refractivity contribution >= 4 is 0 Å². The van der Waals surface area contributed by atoms with E-state index in [1.165, 1.54) is 50.9 Å². The molecule has 0 amide bonds. The number of nitrogens with one attached hydrogen (secondary N) is 1. The Bertz CT molecular complexity index is 369. The second-order valence-corrected chi connectivity index (χ2v) is 5.32. The molecule has 1 aromatic carbocycles. The van der Waals surface area contributed by atoms with E-state index >= 15 is 0 Å². The van der Waals surface area contributed by atoms with Gasteiger partial charge in [0.05, 0.1) is 0 Å². The minimum Gasteiger partial charge on any atom is -0.309 e. The summed E-state index contributed by atoms with van der Waals surface area (Å²) < 4.78 is 0. The molecule has 1 atom stereocenters. The molecule has 2 heteroatoms. The smallest absolute Gasteiger partial charge is 0.0452 e. The number of nitrogens with zero attached hydrogens (tertiary/aromatic N) is 1. The Balaban J connectivity index is 1.71. The van der Waals surface area contributed by atoms with E-state index in [-0.39, 0.29) is 0 Å². The number of hydrogen-bond acceptors (Lipinski definition) is 2. The number of rotatable bonds is 2. The van der Waals surface area contributed by atoms with Crippen LogP contribution < -0.4 is 5.32 Å². The largest absolute Gasteiger partial charge is 0.309 e. The highest BCUT2D eigenvalue weighted by Crippen LogP contribution is 2.24. The highest BCUT2D eigenvalue weighted by atomic mass is 15.2. The summed E-state index contributed by atoms with van der Waals surface area (Å²) in [6.45, 7) is 4.91. The third kappa shape index (κ3) is 2.53. The van der Waals surface area contributed by atoms with Crippen LogP contribution in [0.5, 0.6) is 0 Å². The van der Waals surface area contributed by atoms with Gasteiger partial charge in [-0.15, -0.1) is 0 Å². The van der Waals surface area contributed by atoms with Crippen LogP contribution in [0.15, 0.2) is 24.3 Å². The molecule has 2 nitrogen and oxygen atoms in total. The molecule has 2 aliphatic rings. The first-order chi connectivity index (χ1) is 8.43. The van der Waals surface area contributed by atoms with Gasteiger partial charge in [-0.1, -0.05) is 30.7 Å². The predicted molar refractivity (Wildman–Crippen MR) is 71.2 cm³/mol. The van der Waals surface area contributed by atoms with E-state index in [2.05, 4.69) is 34.5 Å². The SMILES string of the molecule is c1ccc2c(c1)CCNC2CN1CCCCC1. The molecule has 2 aliphatic heterocycles. The number of benzene rings is 1. The van der Waals surface area contributed by atoms with E-state index in [0.717, 1.165) is 6.54 Å². The maximum atomic E-state index is 3.68. The Morgan fingerprint density at radius 1 is 1.12 bits per heavy atom. The van der Waals surface area contributed by atoms with Crippen molar-refractivity contribution in [2.75, 3.05) is 26.2 Å². The Morgan fingerprint density at radius 2 is 1.94 bits per heavy atom. The van der Waals surface area contributed by atoms with Gasteiger partial charge in [0.2, 0.25) is 0 Å². The van der Waals surface area contributed by atoms with Gasteiger partial charge < -0.3 is 10.2 Å². The molecular formula is C15H22N2. The van der Waals surface area contributed by atoms with Crippen molar-refractivity contribution in [2.45, 2.75) is 31.7 Å². The normalized spacial score (nSPS) is 25.5. The lowest BCUT2D eigenvalue weighted by Gasteiger charge is -2.34. The summed E-state index contributed by atoms with van der Waals surface area (Å²) in [6.07, 6.45) is 5.38. The second-order valence-electron chi connectivity index (χ2n) is 5.32. The molecule has 0 saturated carbocycles. The van der Waals surface area contributed by atoms with E-state index in [4.69, 9.17) is 0 Å². The third-order valence-corrected chi connectivity index (χ3v) is 4.11. The molecule has 1 unspecified atom stereocenters. The lowest BCUT2D eigenvalue weighted by molar-refractivity contribution is 0.203. The van der Waals surface area contributed by atoms with Crippen molar-refractivity contribution in [1.82, 2.24) is 10.2 Å². The summed E-state index contributed by atoms with van der Waals surface area (Å²) in [5, 5.41) is 3.68. The lowest BCUT2D eigenvalue weighted by atomic mass is 9.93. The predicted octanol–water partition coefficient (Wildman–Crippen LogP) is 2.36. The summed E-state index contributed by atoms with van der Waals surface area (Å²) in [5.41, 5.74) is 3.08. The van der Waals surface area contributed by atoms with E-state index in [9.17, 15) is 0 Å².